The molecule has 1 aliphatic carbocycles. The van der Waals surface area contributed by atoms with Gasteiger partial charge in [-0.1, -0.05) is 6.92 Å². The third-order valence-corrected chi connectivity index (χ3v) is 6.82. The summed E-state index contributed by atoms with van der Waals surface area (Å²) in [6, 6.07) is 3.60. The minimum Gasteiger partial charge on any atom is -0.462 e. The van der Waals surface area contributed by atoms with Gasteiger partial charge in [0.05, 0.1) is 12.2 Å². The number of hydrogen-bond donors (Lipinski definition) is 1. The van der Waals surface area contributed by atoms with E-state index in [4.69, 9.17) is 9.47 Å². The smallest absolute Gasteiger partial charge is 0.348 e. The number of fused-ring (bicyclic) bond motifs is 1. The monoisotopic (exact) mass is 421 g/mol. The van der Waals surface area contributed by atoms with Gasteiger partial charge in [0.15, 0.2) is 6.61 Å². The average Bonchev–Trinajstić information content (AvgIpc) is 3.30. The normalized spacial score (nSPS) is 12.9. The maximum atomic E-state index is 12.3. The van der Waals surface area contributed by atoms with Crippen molar-refractivity contribution in [3.05, 3.63) is 37.9 Å². The highest BCUT2D eigenvalue weighted by Crippen LogP contribution is 2.31. The Labute approximate surface area is 171 Å². The largest absolute Gasteiger partial charge is 0.462 e. The molecule has 0 aliphatic heterocycles. The van der Waals surface area contributed by atoms with Gasteiger partial charge in [-0.3, -0.25) is 4.79 Å². The molecule has 0 saturated heterocycles. The van der Waals surface area contributed by atoms with Crippen LogP contribution in [0.5, 0.6) is 0 Å². The van der Waals surface area contributed by atoms with Crippen LogP contribution in [0.1, 0.15) is 62.0 Å². The van der Waals surface area contributed by atoms with Crippen LogP contribution < -0.4 is 5.32 Å². The molecule has 2 aromatic heterocycles. The summed E-state index contributed by atoms with van der Waals surface area (Å²) in [6.07, 6.45) is 5.03. The molecular formula is C20H23NO5S2. The number of amides is 1. The number of rotatable bonds is 7. The van der Waals surface area contributed by atoms with E-state index in [2.05, 4.69) is 5.32 Å². The van der Waals surface area contributed by atoms with Crippen LogP contribution in [-0.2, 0) is 33.5 Å². The third kappa shape index (κ3) is 4.80. The molecular weight excluding hydrogens is 398 g/mol. The second-order valence-electron chi connectivity index (χ2n) is 6.42. The molecule has 1 amide bonds. The van der Waals surface area contributed by atoms with Crippen LogP contribution in [-0.4, -0.2) is 31.1 Å². The maximum absolute atomic E-state index is 12.3. The maximum Gasteiger partial charge on any atom is 0.348 e. The van der Waals surface area contributed by atoms with Crippen LogP contribution in [0.4, 0.5) is 5.00 Å². The average molecular weight is 422 g/mol. The third-order valence-electron chi connectivity index (χ3n) is 4.41. The van der Waals surface area contributed by atoms with Crippen molar-refractivity contribution in [1.29, 1.82) is 0 Å². The zero-order chi connectivity index (χ0) is 20.1. The van der Waals surface area contributed by atoms with Crippen molar-refractivity contribution in [2.45, 2.75) is 46.0 Å². The molecule has 0 radical (unpaired) electrons. The minimum absolute atomic E-state index is 0.256. The van der Waals surface area contributed by atoms with E-state index in [-0.39, 0.29) is 6.61 Å². The molecule has 3 rings (SSSR count). The number of hydrogen-bond acceptors (Lipinski definition) is 7. The van der Waals surface area contributed by atoms with Crippen molar-refractivity contribution in [2.24, 2.45) is 0 Å². The molecule has 0 spiro atoms. The summed E-state index contributed by atoms with van der Waals surface area (Å²) in [5.74, 6) is -1.44. The van der Waals surface area contributed by atoms with Gasteiger partial charge < -0.3 is 14.8 Å². The summed E-state index contributed by atoms with van der Waals surface area (Å²) >= 11 is 2.77. The molecule has 2 aromatic rings. The van der Waals surface area contributed by atoms with Gasteiger partial charge in [-0.15, -0.1) is 22.7 Å². The van der Waals surface area contributed by atoms with Crippen LogP contribution in [0.2, 0.25) is 0 Å². The number of nitrogens with one attached hydrogen (secondary N) is 1. The van der Waals surface area contributed by atoms with E-state index in [1.807, 2.05) is 13.0 Å². The van der Waals surface area contributed by atoms with E-state index in [9.17, 15) is 14.4 Å². The van der Waals surface area contributed by atoms with Gasteiger partial charge in [0.25, 0.3) is 5.91 Å². The first-order valence-electron chi connectivity index (χ1n) is 9.40. The fourth-order valence-corrected chi connectivity index (χ4v) is 5.17. The number of thiophene rings is 2. The number of carbonyl (C=O) groups is 3. The zero-order valence-corrected chi connectivity index (χ0v) is 17.6. The van der Waals surface area contributed by atoms with Crippen molar-refractivity contribution in [1.82, 2.24) is 0 Å². The van der Waals surface area contributed by atoms with Gasteiger partial charge in [0, 0.05) is 9.75 Å². The summed E-state index contributed by atoms with van der Waals surface area (Å²) in [5.41, 5.74) is 1.55. The Morgan fingerprint density at radius 2 is 1.82 bits per heavy atom. The first-order valence-corrected chi connectivity index (χ1v) is 11.0. The molecule has 28 heavy (non-hydrogen) atoms. The molecule has 1 aliphatic rings. The van der Waals surface area contributed by atoms with Gasteiger partial charge in [0.1, 0.15) is 9.88 Å². The molecule has 0 unspecified atom stereocenters. The van der Waals surface area contributed by atoms with Crippen molar-refractivity contribution < 1.29 is 23.9 Å². The first kappa shape index (κ1) is 20.5. The number of anilines is 1. The summed E-state index contributed by atoms with van der Waals surface area (Å²) in [6.45, 7) is 3.55. The standard InChI is InChI=1S/C20H23NO5S2/c1-3-13-10-14(19(23)25-4-2)18(27-13)21-17(22)11-26-20(24)16-9-12-7-5-6-8-15(12)28-16/h9-10H,3-8,11H2,1-2H3,(H,21,22). The number of aryl methyl sites for hydroxylation is 3. The molecule has 2 heterocycles. The molecule has 0 saturated carbocycles. The molecule has 0 atom stereocenters. The van der Waals surface area contributed by atoms with Crippen molar-refractivity contribution in [3.8, 4) is 0 Å². The van der Waals surface area contributed by atoms with Gasteiger partial charge in [0.2, 0.25) is 0 Å². The Kier molecular flexibility index (Phi) is 6.85. The summed E-state index contributed by atoms with van der Waals surface area (Å²) < 4.78 is 10.2. The molecule has 8 heteroatoms. The van der Waals surface area contributed by atoms with Crippen LogP contribution in [0.15, 0.2) is 12.1 Å². The molecule has 6 nitrogen and oxygen atoms in total. The lowest BCUT2D eigenvalue weighted by Crippen LogP contribution is -2.21. The predicted octanol–water partition coefficient (Wildman–Crippen LogP) is 4.22. The highest BCUT2D eigenvalue weighted by molar-refractivity contribution is 7.16. The Morgan fingerprint density at radius 3 is 2.54 bits per heavy atom. The highest BCUT2D eigenvalue weighted by atomic mass is 32.1. The molecule has 150 valence electrons. The molecule has 0 aromatic carbocycles. The number of ether oxygens (including phenoxy) is 2. The Balaban J connectivity index is 1.59. The molecule has 0 fully saturated rings. The van der Waals surface area contributed by atoms with Crippen LogP contribution in [0.25, 0.3) is 0 Å². The van der Waals surface area contributed by atoms with Crippen molar-refractivity contribution in [2.75, 3.05) is 18.5 Å². The fraction of sp³-hybridized carbons (Fsp3) is 0.450. The van der Waals surface area contributed by atoms with E-state index in [1.54, 1.807) is 13.0 Å². The van der Waals surface area contributed by atoms with E-state index in [0.29, 0.717) is 15.4 Å². The van der Waals surface area contributed by atoms with Crippen molar-refractivity contribution >= 4 is 45.5 Å². The lowest BCUT2D eigenvalue weighted by molar-refractivity contribution is -0.119. The number of esters is 2. The predicted molar refractivity (Wildman–Crippen MR) is 110 cm³/mol. The van der Waals surface area contributed by atoms with Gasteiger partial charge in [-0.2, -0.15) is 0 Å². The SMILES string of the molecule is CCOC(=O)c1cc(CC)sc1NC(=O)COC(=O)c1cc2c(s1)CCCC2. The lowest BCUT2D eigenvalue weighted by Gasteiger charge is -2.08. The topological polar surface area (TPSA) is 81.7 Å². The quantitative estimate of drug-likeness (QED) is 0.677. The van der Waals surface area contributed by atoms with Crippen molar-refractivity contribution in [3.63, 3.8) is 0 Å². The summed E-state index contributed by atoms with van der Waals surface area (Å²) in [5, 5.41) is 3.08. The fourth-order valence-electron chi connectivity index (χ4n) is 3.03. The molecule has 1 N–H and O–H groups in total. The van der Waals surface area contributed by atoms with E-state index < -0.39 is 24.5 Å². The lowest BCUT2D eigenvalue weighted by atomic mass is 9.99. The summed E-state index contributed by atoms with van der Waals surface area (Å²) in [4.78, 5) is 39.3. The minimum atomic E-state index is -0.486. The Morgan fingerprint density at radius 1 is 1.04 bits per heavy atom. The second kappa shape index (κ2) is 9.34. The van der Waals surface area contributed by atoms with E-state index in [1.165, 1.54) is 33.1 Å². The zero-order valence-electron chi connectivity index (χ0n) is 16.0. The van der Waals surface area contributed by atoms with E-state index >= 15 is 0 Å². The van der Waals surface area contributed by atoms with Gasteiger partial charge in [-0.05, 0) is 56.7 Å². The molecule has 0 bridgehead atoms. The summed E-state index contributed by atoms with van der Waals surface area (Å²) in [7, 11) is 0. The number of carbonyl (C=O) groups excluding carboxylic acids is 3. The van der Waals surface area contributed by atoms with Gasteiger partial charge in [-0.25, -0.2) is 9.59 Å². The highest BCUT2D eigenvalue weighted by Gasteiger charge is 2.21. The second-order valence-corrected chi connectivity index (χ2v) is 8.69. The van der Waals surface area contributed by atoms with E-state index in [0.717, 1.165) is 37.0 Å². The van der Waals surface area contributed by atoms with Crippen LogP contribution in [0, 0.1) is 0 Å². The first-order chi connectivity index (χ1) is 13.5. The van der Waals surface area contributed by atoms with Crippen LogP contribution >= 0.6 is 22.7 Å². The van der Waals surface area contributed by atoms with Crippen LogP contribution in [0.3, 0.4) is 0 Å². The Hall–Kier alpha value is -2.19. The Bertz CT molecular complexity index is 860. The van der Waals surface area contributed by atoms with Gasteiger partial charge >= 0.3 is 11.9 Å².